The summed E-state index contributed by atoms with van der Waals surface area (Å²) in [5.41, 5.74) is 0.506. The van der Waals surface area contributed by atoms with Crippen molar-refractivity contribution in [2.45, 2.75) is 6.10 Å². The Bertz CT molecular complexity index is 368. The number of rotatable bonds is 2. The predicted octanol–water partition coefficient (Wildman–Crippen LogP) is 1.92. The van der Waals surface area contributed by atoms with Crippen LogP contribution in [-0.4, -0.2) is 5.11 Å². The van der Waals surface area contributed by atoms with E-state index < -0.39 is 11.9 Å². The number of hydrogen-bond donors (Lipinski definition) is 1. The highest BCUT2D eigenvalue weighted by Gasteiger charge is 2.09. The monoisotopic (exact) mass is 177 g/mol. The zero-order valence-corrected chi connectivity index (χ0v) is 6.87. The Morgan fingerprint density at radius 2 is 2.31 bits per heavy atom. The molecule has 0 aliphatic carbocycles. The van der Waals surface area contributed by atoms with Gasteiger partial charge in [-0.2, -0.15) is 5.26 Å². The van der Waals surface area contributed by atoms with Gasteiger partial charge in [-0.15, -0.1) is 6.58 Å². The molecule has 1 aromatic carbocycles. The lowest BCUT2D eigenvalue weighted by molar-refractivity contribution is 0.228. The summed E-state index contributed by atoms with van der Waals surface area (Å²) in [5, 5.41) is 18.0. The average molecular weight is 177 g/mol. The fourth-order valence-electron chi connectivity index (χ4n) is 1.01. The molecule has 1 N–H and O–H groups in total. The van der Waals surface area contributed by atoms with E-state index in [1.165, 1.54) is 18.2 Å². The highest BCUT2D eigenvalue weighted by Crippen LogP contribution is 2.18. The molecule has 0 amide bonds. The summed E-state index contributed by atoms with van der Waals surface area (Å²) in [5.74, 6) is -0.489. The molecule has 0 saturated carbocycles. The van der Waals surface area contributed by atoms with E-state index in [1.54, 1.807) is 6.07 Å². The molecular formula is C10H8FNO. The number of benzene rings is 1. The predicted molar refractivity (Wildman–Crippen MR) is 46.3 cm³/mol. The summed E-state index contributed by atoms with van der Waals surface area (Å²) in [4.78, 5) is 0. The van der Waals surface area contributed by atoms with Crippen LogP contribution < -0.4 is 0 Å². The van der Waals surface area contributed by atoms with Crippen molar-refractivity contribution in [1.82, 2.24) is 0 Å². The minimum absolute atomic E-state index is 0.132. The van der Waals surface area contributed by atoms with Gasteiger partial charge in [0.05, 0.1) is 17.7 Å². The average Bonchev–Trinajstić information content (AvgIpc) is 2.16. The second-order valence-electron chi connectivity index (χ2n) is 2.52. The van der Waals surface area contributed by atoms with Gasteiger partial charge in [-0.1, -0.05) is 12.1 Å². The van der Waals surface area contributed by atoms with Crippen LogP contribution in [0.15, 0.2) is 30.9 Å². The second-order valence-corrected chi connectivity index (χ2v) is 2.52. The van der Waals surface area contributed by atoms with E-state index in [9.17, 15) is 9.50 Å². The molecule has 1 rings (SSSR count). The maximum atomic E-state index is 12.6. The third-order valence-electron chi connectivity index (χ3n) is 1.68. The van der Waals surface area contributed by atoms with Gasteiger partial charge in [0, 0.05) is 5.56 Å². The van der Waals surface area contributed by atoms with Crippen LogP contribution in [0.5, 0.6) is 0 Å². The molecule has 66 valence electrons. The number of nitriles is 1. The van der Waals surface area contributed by atoms with Crippen molar-refractivity contribution < 1.29 is 9.50 Å². The molecule has 0 fully saturated rings. The second kappa shape index (κ2) is 3.83. The molecule has 0 spiro atoms. The Hall–Kier alpha value is -1.66. The largest absolute Gasteiger partial charge is 0.384 e. The van der Waals surface area contributed by atoms with Crippen LogP contribution in [0, 0.1) is 17.1 Å². The molecule has 0 heterocycles. The van der Waals surface area contributed by atoms with E-state index >= 15 is 0 Å². The molecule has 0 bridgehead atoms. The zero-order valence-electron chi connectivity index (χ0n) is 6.87. The Morgan fingerprint density at radius 1 is 1.62 bits per heavy atom. The van der Waals surface area contributed by atoms with E-state index in [-0.39, 0.29) is 5.56 Å². The van der Waals surface area contributed by atoms with Gasteiger partial charge < -0.3 is 5.11 Å². The molecule has 2 nitrogen and oxygen atoms in total. The Kier molecular flexibility index (Phi) is 2.78. The highest BCUT2D eigenvalue weighted by molar-refractivity contribution is 5.40. The summed E-state index contributed by atoms with van der Waals surface area (Å²) in [6, 6.07) is 5.46. The fraction of sp³-hybridized carbons (Fsp3) is 0.100. The maximum absolute atomic E-state index is 12.6. The maximum Gasteiger partial charge on any atom is 0.124 e. The van der Waals surface area contributed by atoms with E-state index in [2.05, 4.69) is 6.58 Å². The lowest BCUT2D eigenvalue weighted by Crippen LogP contribution is -1.97. The minimum Gasteiger partial charge on any atom is -0.384 e. The van der Waals surface area contributed by atoms with Crippen molar-refractivity contribution >= 4 is 0 Å². The van der Waals surface area contributed by atoms with Crippen LogP contribution in [0.2, 0.25) is 0 Å². The molecule has 0 radical (unpaired) electrons. The Balaban J connectivity index is 3.22. The molecule has 3 heteroatoms. The van der Waals surface area contributed by atoms with E-state index in [4.69, 9.17) is 5.26 Å². The molecule has 0 saturated heterocycles. The van der Waals surface area contributed by atoms with Crippen molar-refractivity contribution in [2.24, 2.45) is 0 Å². The van der Waals surface area contributed by atoms with Gasteiger partial charge in [0.15, 0.2) is 0 Å². The quantitative estimate of drug-likeness (QED) is 0.701. The van der Waals surface area contributed by atoms with Crippen LogP contribution in [0.25, 0.3) is 0 Å². The third kappa shape index (κ3) is 1.92. The first-order chi connectivity index (χ1) is 6.19. The lowest BCUT2D eigenvalue weighted by atomic mass is 10.0. The van der Waals surface area contributed by atoms with Gasteiger partial charge >= 0.3 is 0 Å². The van der Waals surface area contributed by atoms with Crippen LogP contribution >= 0.6 is 0 Å². The number of halogens is 1. The van der Waals surface area contributed by atoms with Gasteiger partial charge in [-0.3, -0.25) is 0 Å². The van der Waals surface area contributed by atoms with E-state index in [0.717, 1.165) is 6.07 Å². The summed E-state index contributed by atoms with van der Waals surface area (Å²) in [6.45, 7) is 3.38. The van der Waals surface area contributed by atoms with E-state index in [0.29, 0.717) is 5.56 Å². The first-order valence-corrected chi connectivity index (χ1v) is 3.69. The zero-order chi connectivity index (χ0) is 9.84. The van der Waals surface area contributed by atoms with Crippen molar-refractivity contribution in [1.29, 1.82) is 5.26 Å². The SMILES string of the molecule is C=CC(O)c1ccc(F)cc1C#N. The van der Waals surface area contributed by atoms with Crippen LogP contribution in [-0.2, 0) is 0 Å². The standard InChI is InChI=1S/C10H8FNO/c1-2-10(13)9-4-3-8(11)5-7(9)6-12/h2-5,10,13H,1H2. The van der Waals surface area contributed by atoms with Crippen molar-refractivity contribution in [2.75, 3.05) is 0 Å². The molecule has 0 aliphatic rings. The van der Waals surface area contributed by atoms with Crippen LogP contribution in [0.4, 0.5) is 4.39 Å². The molecule has 1 unspecified atom stereocenters. The van der Waals surface area contributed by atoms with Gasteiger partial charge in [0.25, 0.3) is 0 Å². The van der Waals surface area contributed by atoms with E-state index in [1.807, 2.05) is 0 Å². The first-order valence-electron chi connectivity index (χ1n) is 3.69. The third-order valence-corrected chi connectivity index (χ3v) is 1.68. The topological polar surface area (TPSA) is 44.0 Å². The summed E-state index contributed by atoms with van der Waals surface area (Å²) in [6.07, 6.45) is 0.365. The highest BCUT2D eigenvalue weighted by atomic mass is 19.1. The summed E-state index contributed by atoms with van der Waals surface area (Å²) >= 11 is 0. The van der Waals surface area contributed by atoms with Crippen molar-refractivity contribution in [3.05, 3.63) is 47.8 Å². The van der Waals surface area contributed by atoms with Gasteiger partial charge in [-0.25, -0.2) is 4.39 Å². The minimum atomic E-state index is -0.921. The van der Waals surface area contributed by atoms with Gasteiger partial charge in [0.2, 0.25) is 0 Å². The van der Waals surface area contributed by atoms with Crippen molar-refractivity contribution in [3.63, 3.8) is 0 Å². The number of nitrogens with zero attached hydrogens (tertiary/aromatic N) is 1. The van der Waals surface area contributed by atoms with Crippen molar-refractivity contribution in [3.8, 4) is 6.07 Å². The molecule has 1 aromatic rings. The number of hydrogen-bond acceptors (Lipinski definition) is 2. The first kappa shape index (κ1) is 9.43. The summed E-state index contributed by atoms with van der Waals surface area (Å²) < 4.78 is 12.6. The van der Waals surface area contributed by atoms with Gasteiger partial charge in [0.1, 0.15) is 5.82 Å². The van der Waals surface area contributed by atoms with Crippen LogP contribution in [0.3, 0.4) is 0 Å². The molecule has 13 heavy (non-hydrogen) atoms. The van der Waals surface area contributed by atoms with Gasteiger partial charge in [-0.05, 0) is 12.1 Å². The number of aliphatic hydroxyl groups is 1. The molecule has 0 aromatic heterocycles. The molecule has 1 atom stereocenters. The number of aliphatic hydroxyl groups excluding tert-OH is 1. The Morgan fingerprint density at radius 3 is 2.85 bits per heavy atom. The van der Waals surface area contributed by atoms with Crippen LogP contribution in [0.1, 0.15) is 17.2 Å². The normalized spacial score (nSPS) is 11.8. The smallest absolute Gasteiger partial charge is 0.124 e. The molecule has 0 aliphatic heterocycles. The summed E-state index contributed by atoms with van der Waals surface area (Å²) in [7, 11) is 0. The molecular weight excluding hydrogens is 169 g/mol. The fourth-order valence-corrected chi connectivity index (χ4v) is 1.01. The Labute approximate surface area is 75.6 Å². The lowest BCUT2D eigenvalue weighted by Gasteiger charge is -2.06.